The van der Waals surface area contributed by atoms with Crippen LogP contribution in [0.2, 0.25) is 0 Å². The van der Waals surface area contributed by atoms with Gasteiger partial charge in [-0.3, -0.25) is 4.57 Å². The molecule has 0 aliphatic carbocycles. The first-order valence-electron chi connectivity index (χ1n) is 6.56. The number of imidazole rings is 1. The van der Waals surface area contributed by atoms with Crippen LogP contribution < -0.4 is 11.4 Å². The monoisotopic (exact) mass is 259 g/mol. The van der Waals surface area contributed by atoms with Gasteiger partial charge in [0.1, 0.15) is 0 Å². The third kappa shape index (κ3) is 2.96. The first-order chi connectivity index (χ1) is 8.99. The lowest BCUT2D eigenvalue weighted by Gasteiger charge is -2.13. The molecule has 0 spiro atoms. The number of nitrogens with two attached hydrogens (primary N) is 1. The predicted octanol–water partition coefficient (Wildman–Crippen LogP) is 2.01. The molecule has 19 heavy (non-hydrogen) atoms. The second-order valence-corrected chi connectivity index (χ2v) is 5.27. The van der Waals surface area contributed by atoms with E-state index in [1.54, 1.807) is 28.6 Å². The van der Waals surface area contributed by atoms with Crippen molar-refractivity contribution in [1.29, 1.82) is 0 Å². The molecular formula is C15H21N3O. The number of aryl methyl sites for hydroxylation is 1. The van der Waals surface area contributed by atoms with Gasteiger partial charge in [0, 0.05) is 32.0 Å². The van der Waals surface area contributed by atoms with Gasteiger partial charge in [0.15, 0.2) is 0 Å². The first-order valence-corrected chi connectivity index (χ1v) is 6.56. The molecule has 2 N–H and O–H groups in total. The fourth-order valence-corrected chi connectivity index (χ4v) is 2.09. The van der Waals surface area contributed by atoms with Gasteiger partial charge in [-0.05, 0) is 17.0 Å². The zero-order valence-electron chi connectivity index (χ0n) is 11.7. The highest BCUT2D eigenvalue weighted by atomic mass is 16.1. The smallest absolute Gasteiger partial charge is 0.322 e. The van der Waals surface area contributed by atoms with Crippen LogP contribution in [0.25, 0.3) is 0 Å². The molecule has 1 heterocycles. The van der Waals surface area contributed by atoms with Crippen LogP contribution in [0.15, 0.2) is 41.5 Å². The molecule has 1 atom stereocenters. The van der Waals surface area contributed by atoms with E-state index in [9.17, 15) is 4.79 Å². The minimum atomic E-state index is -0.165. The van der Waals surface area contributed by atoms with Gasteiger partial charge in [0.2, 0.25) is 0 Å². The maximum absolute atomic E-state index is 11.7. The highest BCUT2D eigenvalue weighted by Crippen LogP contribution is 2.18. The third-order valence-electron chi connectivity index (χ3n) is 3.44. The third-order valence-corrected chi connectivity index (χ3v) is 3.44. The van der Waals surface area contributed by atoms with Gasteiger partial charge < -0.3 is 10.3 Å². The molecule has 0 bridgehead atoms. The number of aromatic nitrogens is 2. The Hall–Kier alpha value is -1.81. The molecule has 0 aliphatic rings. The topological polar surface area (TPSA) is 52.9 Å². The van der Waals surface area contributed by atoms with E-state index in [2.05, 4.69) is 26.0 Å². The normalized spacial score (nSPS) is 12.9. The Labute approximate surface area is 113 Å². The van der Waals surface area contributed by atoms with E-state index in [-0.39, 0.29) is 11.7 Å². The van der Waals surface area contributed by atoms with Gasteiger partial charge in [-0.25, -0.2) is 4.79 Å². The molecule has 0 fully saturated rings. The maximum atomic E-state index is 11.7. The Morgan fingerprint density at radius 2 is 1.68 bits per heavy atom. The molecular weight excluding hydrogens is 238 g/mol. The van der Waals surface area contributed by atoms with Crippen LogP contribution in [0.3, 0.4) is 0 Å². The van der Waals surface area contributed by atoms with E-state index < -0.39 is 0 Å². The van der Waals surface area contributed by atoms with Gasteiger partial charge in [-0.2, -0.15) is 0 Å². The highest BCUT2D eigenvalue weighted by Gasteiger charge is 2.09. The van der Waals surface area contributed by atoms with E-state index in [1.165, 1.54) is 5.56 Å². The fraction of sp³-hybridized carbons (Fsp3) is 0.400. The number of nitrogens with zero attached hydrogens (tertiary/aromatic N) is 2. The van der Waals surface area contributed by atoms with Crippen molar-refractivity contribution in [2.75, 3.05) is 0 Å². The summed E-state index contributed by atoms with van der Waals surface area (Å²) in [6.07, 6.45) is 3.52. The highest BCUT2D eigenvalue weighted by molar-refractivity contribution is 5.26. The summed E-state index contributed by atoms with van der Waals surface area (Å²) < 4.78 is 3.19. The molecule has 0 saturated carbocycles. The Bertz CT molecular complexity index is 593. The molecule has 4 heteroatoms. The number of rotatable bonds is 4. The SMILES string of the molecule is CC(C)c1ccc(C(N)Cn2ccn(C)c2=O)cc1. The molecule has 1 aromatic carbocycles. The van der Waals surface area contributed by atoms with Crippen molar-refractivity contribution in [2.24, 2.45) is 12.8 Å². The van der Waals surface area contributed by atoms with Crippen LogP contribution in [-0.4, -0.2) is 9.13 Å². The van der Waals surface area contributed by atoms with Crippen molar-refractivity contribution in [2.45, 2.75) is 32.4 Å². The van der Waals surface area contributed by atoms with Crippen molar-refractivity contribution >= 4 is 0 Å². The van der Waals surface area contributed by atoms with Crippen LogP contribution >= 0.6 is 0 Å². The van der Waals surface area contributed by atoms with Crippen molar-refractivity contribution in [3.05, 3.63) is 58.3 Å². The average molecular weight is 259 g/mol. The van der Waals surface area contributed by atoms with E-state index in [4.69, 9.17) is 5.73 Å². The van der Waals surface area contributed by atoms with E-state index >= 15 is 0 Å². The lowest BCUT2D eigenvalue weighted by molar-refractivity contribution is 0.554. The lowest BCUT2D eigenvalue weighted by atomic mass is 9.99. The van der Waals surface area contributed by atoms with Gasteiger partial charge in [0.25, 0.3) is 0 Å². The van der Waals surface area contributed by atoms with Crippen molar-refractivity contribution in [3.8, 4) is 0 Å². The van der Waals surface area contributed by atoms with E-state index in [0.717, 1.165) is 5.56 Å². The zero-order chi connectivity index (χ0) is 14.0. The summed E-state index contributed by atoms with van der Waals surface area (Å²) in [6.45, 7) is 4.83. The second-order valence-electron chi connectivity index (χ2n) is 5.27. The summed E-state index contributed by atoms with van der Waals surface area (Å²) in [5.74, 6) is 0.516. The van der Waals surface area contributed by atoms with Crippen LogP contribution in [-0.2, 0) is 13.6 Å². The summed E-state index contributed by atoms with van der Waals surface area (Å²) in [6, 6.07) is 8.14. The predicted molar refractivity (Wildman–Crippen MR) is 77.1 cm³/mol. The minimum absolute atomic E-state index is 0.0331. The van der Waals surface area contributed by atoms with Crippen molar-refractivity contribution in [3.63, 3.8) is 0 Å². The summed E-state index contributed by atoms with van der Waals surface area (Å²) >= 11 is 0. The zero-order valence-corrected chi connectivity index (χ0v) is 11.7. The maximum Gasteiger partial charge on any atom is 0.327 e. The fourth-order valence-electron chi connectivity index (χ4n) is 2.09. The summed E-state index contributed by atoms with van der Waals surface area (Å²) in [7, 11) is 1.74. The number of benzene rings is 1. The summed E-state index contributed by atoms with van der Waals surface area (Å²) in [5.41, 5.74) is 8.48. The molecule has 0 saturated heterocycles. The Kier molecular flexibility index (Phi) is 3.90. The van der Waals surface area contributed by atoms with Crippen LogP contribution in [0.1, 0.15) is 36.9 Å². The summed E-state index contributed by atoms with van der Waals surface area (Å²) in [4.78, 5) is 11.7. The Balaban J connectivity index is 2.13. The number of hydrogen-bond acceptors (Lipinski definition) is 2. The standard InChI is InChI=1S/C15H21N3O/c1-11(2)12-4-6-13(7-5-12)14(16)10-18-9-8-17(3)15(18)19/h4-9,11,14H,10,16H2,1-3H3. The van der Waals surface area contributed by atoms with Crippen LogP contribution in [0.4, 0.5) is 0 Å². The van der Waals surface area contributed by atoms with Crippen molar-refractivity contribution < 1.29 is 0 Å². The Morgan fingerprint density at radius 1 is 1.11 bits per heavy atom. The molecule has 2 rings (SSSR count). The quantitative estimate of drug-likeness (QED) is 0.913. The molecule has 1 aromatic heterocycles. The van der Waals surface area contributed by atoms with Gasteiger partial charge >= 0.3 is 5.69 Å². The minimum Gasteiger partial charge on any atom is -0.322 e. The molecule has 1 unspecified atom stereocenters. The van der Waals surface area contributed by atoms with Gasteiger partial charge in [-0.15, -0.1) is 0 Å². The summed E-state index contributed by atoms with van der Waals surface area (Å²) in [5, 5.41) is 0. The van der Waals surface area contributed by atoms with Gasteiger partial charge in [0.05, 0.1) is 0 Å². The lowest BCUT2D eigenvalue weighted by Crippen LogP contribution is -2.27. The van der Waals surface area contributed by atoms with Crippen molar-refractivity contribution in [1.82, 2.24) is 9.13 Å². The average Bonchev–Trinajstić information content (AvgIpc) is 2.71. The Morgan fingerprint density at radius 3 is 2.16 bits per heavy atom. The van der Waals surface area contributed by atoms with Gasteiger partial charge in [-0.1, -0.05) is 38.1 Å². The molecule has 0 amide bonds. The second kappa shape index (κ2) is 5.45. The van der Waals surface area contributed by atoms with E-state index in [0.29, 0.717) is 12.5 Å². The van der Waals surface area contributed by atoms with Crippen LogP contribution in [0.5, 0.6) is 0 Å². The largest absolute Gasteiger partial charge is 0.327 e. The first kappa shape index (κ1) is 13.6. The molecule has 102 valence electrons. The molecule has 0 aliphatic heterocycles. The van der Waals surface area contributed by atoms with E-state index in [1.807, 2.05) is 12.1 Å². The molecule has 2 aromatic rings. The number of hydrogen-bond donors (Lipinski definition) is 1. The van der Waals surface area contributed by atoms with Crippen LogP contribution in [0, 0.1) is 0 Å². The molecule has 4 nitrogen and oxygen atoms in total. The molecule has 0 radical (unpaired) electrons.